The number of hydrogen-bond acceptors (Lipinski definition) is 4. The molecule has 1 fully saturated rings. The molecule has 0 unspecified atom stereocenters. The van der Waals surface area contributed by atoms with Crippen LogP contribution in [0.3, 0.4) is 0 Å². The van der Waals surface area contributed by atoms with Crippen molar-refractivity contribution in [3.8, 4) is 17.2 Å². The molecule has 3 N–H and O–H groups in total. The van der Waals surface area contributed by atoms with E-state index < -0.39 is 23.1 Å². The standard InChI is InChI=1S/C26H29F3N2O4/c1-4-30-11-13-31(14-12-30)15-19-20(32)10-9-18-22(33)24(25(26(27,28)29)35-23(18)19)34-21-8-6-5-7-17(21)16(2)3/h5-10,16,32H,4,11-15H2,1-3H3/p+2. The summed E-state index contributed by atoms with van der Waals surface area (Å²) in [5, 5.41) is 10.5. The molecule has 0 saturated carbocycles. The van der Waals surface area contributed by atoms with Gasteiger partial charge in [0.05, 0.1) is 17.5 Å². The Morgan fingerprint density at radius 2 is 1.71 bits per heavy atom. The van der Waals surface area contributed by atoms with Crippen LogP contribution < -0.4 is 20.0 Å². The average Bonchev–Trinajstić information content (AvgIpc) is 2.82. The highest BCUT2D eigenvalue weighted by Crippen LogP contribution is 2.40. The molecule has 1 aromatic heterocycles. The summed E-state index contributed by atoms with van der Waals surface area (Å²) in [6, 6.07) is 9.29. The molecular formula is C26H31F3N2O4+2. The lowest BCUT2D eigenvalue weighted by atomic mass is 10.0. The van der Waals surface area contributed by atoms with Gasteiger partial charge in [-0.15, -0.1) is 0 Å². The number of para-hydroxylation sites is 1. The van der Waals surface area contributed by atoms with Crippen molar-refractivity contribution in [1.82, 2.24) is 0 Å². The highest BCUT2D eigenvalue weighted by Gasteiger charge is 2.41. The maximum absolute atomic E-state index is 14.1. The molecule has 0 bridgehead atoms. The molecule has 3 aromatic rings. The van der Waals surface area contributed by atoms with Crippen LogP contribution in [-0.4, -0.2) is 37.8 Å². The van der Waals surface area contributed by atoms with E-state index in [4.69, 9.17) is 9.15 Å². The third kappa shape index (κ3) is 5.16. The highest BCUT2D eigenvalue weighted by atomic mass is 19.4. The topological polar surface area (TPSA) is 68.5 Å². The zero-order valence-electron chi connectivity index (χ0n) is 20.1. The summed E-state index contributed by atoms with van der Waals surface area (Å²) >= 11 is 0. The SMILES string of the molecule is CC[NH+]1CC[NH+](Cc2c(O)ccc3c(=O)c(Oc4ccccc4C(C)C)c(C(F)(F)F)oc23)CC1. The molecule has 2 heterocycles. The van der Waals surface area contributed by atoms with Gasteiger partial charge in [-0.2, -0.15) is 13.2 Å². The first kappa shape index (κ1) is 25.1. The second-order valence-electron chi connectivity index (χ2n) is 9.35. The number of nitrogens with one attached hydrogen (secondary N) is 2. The van der Waals surface area contributed by atoms with Crippen LogP contribution in [0.1, 0.15) is 43.6 Å². The van der Waals surface area contributed by atoms with Gasteiger partial charge in [0.25, 0.3) is 5.76 Å². The lowest BCUT2D eigenvalue weighted by Gasteiger charge is -2.29. The lowest BCUT2D eigenvalue weighted by Crippen LogP contribution is -3.27. The van der Waals surface area contributed by atoms with E-state index in [-0.39, 0.29) is 40.5 Å². The summed E-state index contributed by atoms with van der Waals surface area (Å²) < 4.78 is 53.3. The quantitative estimate of drug-likeness (QED) is 0.495. The van der Waals surface area contributed by atoms with E-state index in [0.29, 0.717) is 5.56 Å². The summed E-state index contributed by atoms with van der Waals surface area (Å²) in [6.07, 6.45) is -4.97. The molecule has 0 atom stereocenters. The molecule has 1 aliphatic heterocycles. The van der Waals surface area contributed by atoms with Crippen molar-refractivity contribution < 1.29 is 37.2 Å². The van der Waals surface area contributed by atoms with E-state index in [1.807, 2.05) is 13.8 Å². The first-order chi connectivity index (χ1) is 16.6. The molecular weight excluding hydrogens is 461 g/mol. The van der Waals surface area contributed by atoms with E-state index in [9.17, 15) is 23.1 Å². The molecule has 1 saturated heterocycles. The normalized spacial score (nSPS) is 18.8. The third-order valence-electron chi connectivity index (χ3n) is 6.70. The Labute approximate surface area is 201 Å². The summed E-state index contributed by atoms with van der Waals surface area (Å²) in [5.74, 6) is -2.46. The van der Waals surface area contributed by atoms with Crippen molar-refractivity contribution in [2.75, 3.05) is 32.7 Å². The van der Waals surface area contributed by atoms with Crippen molar-refractivity contribution in [3.63, 3.8) is 0 Å². The summed E-state index contributed by atoms with van der Waals surface area (Å²) in [4.78, 5) is 15.9. The molecule has 0 spiro atoms. The number of rotatable bonds is 6. The predicted molar refractivity (Wildman–Crippen MR) is 125 cm³/mol. The van der Waals surface area contributed by atoms with Gasteiger partial charge in [0.2, 0.25) is 11.2 Å². The van der Waals surface area contributed by atoms with Crippen molar-refractivity contribution >= 4 is 11.0 Å². The van der Waals surface area contributed by atoms with Crippen molar-refractivity contribution in [1.29, 1.82) is 0 Å². The maximum Gasteiger partial charge on any atom is 0.453 e. The monoisotopic (exact) mass is 492 g/mol. The van der Waals surface area contributed by atoms with Gasteiger partial charge >= 0.3 is 6.18 Å². The van der Waals surface area contributed by atoms with Crippen LogP contribution in [0.4, 0.5) is 13.2 Å². The minimum Gasteiger partial charge on any atom is -0.507 e. The van der Waals surface area contributed by atoms with Crippen molar-refractivity contribution in [2.24, 2.45) is 0 Å². The van der Waals surface area contributed by atoms with Gasteiger partial charge in [0, 0.05) is 0 Å². The molecule has 6 nitrogen and oxygen atoms in total. The molecule has 9 heteroatoms. The smallest absolute Gasteiger partial charge is 0.453 e. The summed E-state index contributed by atoms with van der Waals surface area (Å²) in [7, 11) is 0. The van der Waals surface area contributed by atoms with Crippen LogP contribution in [0.25, 0.3) is 11.0 Å². The van der Waals surface area contributed by atoms with Crippen LogP contribution in [-0.2, 0) is 12.7 Å². The van der Waals surface area contributed by atoms with Crippen LogP contribution in [0.2, 0.25) is 0 Å². The molecule has 0 aliphatic carbocycles. The van der Waals surface area contributed by atoms with Crippen molar-refractivity contribution in [3.05, 3.63) is 63.5 Å². The van der Waals surface area contributed by atoms with Gasteiger partial charge < -0.3 is 24.1 Å². The summed E-state index contributed by atoms with van der Waals surface area (Å²) in [5.41, 5.74) is -0.295. The Morgan fingerprint density at radius 3 is 2.34 bits per heavy atom. The maximum atomic E-state index is 14.1. The van der Waals surface area contributed by atoms with Gasteiger partial charge in [0.1, 0.15) is 44.2 Å². The number of halogens is 3. The fourth-order valence-corrected chi connectivity index (χ4v) is 4.63. The minimum absolute atomic E-state index is 0.0328. The molecule has 4 rings (SSSR count). The van der Waals surface area contributed by atoms with Crippen LogP contribution >= 0.6 is 0 Å². The molecule has 2 aromatic carbocycles. The molecule has 188 valence electrons. The van der Waals surface area contributed by atoms with Gasteiger partial charge in [0.15, 0.2) is 5.58 Å². The molecule has 35 heavy (non-hydrogen) atoms. The number of likely N-dealkylation sites (N-methyl/N-ethyl adjacent to an activating group) is 1. The van der Waals surface area contributed by atoms with E-state index >= 15 is 0 Å². The molecule has 0 radical (unpaired) electrons. The second kappa shape index (κ2) is 9.91. The average molecular weight is 493 g/mol. The molecule has 0 amide bonds. The lowest BCUT2D eigenvalue weighted by molar-refractivity contribution is -1.02. The van der Waals surface area contributed by atoms with E-state index in [1.165, 1.54) is 23.1 Å². The first-order valence-corrected chi connectivity index (χ1v) is 11.9. The zero-order valence-corrected chi connectivity index (χ0v) is 20.1. The van der Waals surface area contributed by atoms with Crippen LogP contribution in [0.15, 0.2) is 45.6 Å². The largest absolute Gasteiger partial charge is 0.507 e. The second-order valence-corrected chi connectivity index (χ2v) is 9.35. The number of alkyl halides is 3. The summed E-state index contributed by atoms with van der Waals surface area (Å²) in [6.45, 7) is 10.6. The van der Waals surface area contributed by atoms with Crippen LogP contribution in [0, 0.1) is 0 Å². The van der Waals surface area contributed by atoms with E-state index in [2.05, 4.69) is 6.92 Å². The Bertz CT molecular complexity index is 1260. The third-order valence-corrected chi connectivity index (χ3v) is 6.70. The number of piperazine rings is 1. The Morgan fingerprint density at radius 1 is 1.06 bits per heavy atom. The number of hydrogen-bond donors (Lipinski definition) is 3. The van der Waals surface area contributed by atoms with Gasteiger partial charge in [-0.1, -0.05) is 32.0 Å². The Hall–Kier alpha value is -3.04. The number of phenolic OH excluding ortho intramolecular Hbond substituents is 1. The number of aromatic hydroxyl groups is 1. The van der Waals surface area contributed by atoms with Gasteiger partial charge in [-0.05, 0) is 36.6 Å². The van der Waals surface area contributed by atoms with E-state index in [0.717, 1.165) is 37.6 Å². The van der Waals surface area contributed by atoms with E-state index in [1.54, 1.807) is 18.2 Å². The fraction of sp³-hybridized carbons (Fsp3) is 0.423. The minimum atomic E-state index is -4.97. The first-order valence-electron chi connectivity index (χ1n) is 11.9. The van der Waals surface area contributed by atoms with Crippen LogP contribution in [0.5, 0.6) is 17.2 Å². The predicted octanol–water partition coefficient (Wildman–Crippen LogP) is 2.74. The Kier molecular flexibility index (Phi) is 7.10. The number of phenols is 1. The number of quaternary nitrogens is 2. The number of benzene rings is 2. The van der Waals surface area contributed by atoms with Crippen molar-refractivity contribution in [2.45, 2.75) is 39.4 Å². The zero-order chi connectivity index (χ0) is 25.3. The number of ether oxygens (including phenoxy) is 1. The van der Waals surface area contributed by atoms with Gasteiger partial charge in [-0.25, -0.2) is 0 Å². The fourth-order valence-electron chi connectivity index (χ4n) is 4.63. The van der Waals surface area contributed by atoms with Gasteiger partial charge in [-0.3, -0.25) is 4.79 Å². The molecule has 1 aliphatic rings. The number of fused-ring (bicyclic) bond motifs is 1. The Balaban J connectivity index is 1.82. The highest BCUT2D eigenvalue weighted by molar-refractivity contribution is 5.83.